The van der Waals surface area contributed by atoms with E-state index < -0.39 is 0 Å². The van der Waals surface area contributed by atoms with Gasteiger partial charge >= 0.3 is 0 Å². The van der Waals surface area contributed by atoms with Gasteiger partial charge in [0.25, 0.3) is 0 Å². The van der Waals surface area contributed by atoms with Crippen LogP contribution in [0.5, 0.6) is 0 Å². The second kappa shape index (κ2) is 6.46. The van der Waals surface area contributed by atoms with Gasteiger partial charge in [0.2, 0.25) is 0 Å². The smallest absolute Gasteiger partial charge is 0.0713 e. The van der Waals surface area contributed by atoms with Crippen LogP contribution in [0.25, 0.3) is 0 Å². The first-order chi connectivity index (χ1) is 9.77. The Morgan fingerprint density at radius 2 is 2.25 bits per heavy atom. The lowest BCUT2D eigenvalue weighted by Gasteiger charge is -2.44. The molecule has 1 aromatic heterocycles. The number of aromatic nitrogens is 1. The average Bonchev–Trinajstić information content (AvgIpc) is 2.49. The number of thioether (sulfide) groups is 1. The zero-order valence-corrected chi connectivity index (χ0v) is 13.0. The number of hydrogen-bond donors (Lipinski definition) is 1. The minimum Gasteiger partial charge on any atom is -0.375 e. The number of ether oxygens (including phenoxy) is 1. The van der Waals surface area contributed by atoms with Crippen molar-refractivity contribution < 1.29 is 4.74 Å². The Labute approximate surface area is 125 Å². The molecule has 0 amide bonds. The lowest BCUT2D eigenvalue weighted by molar-refractivity contribution is -0.0941. The van der Waals surface area contributed by atoms with Crippen LogP contribution in [0.2, 0.25) is 0 Å². The first-order valence-electron chi connectivity index (χ1n) is 7.66. The standard InChI is InChI=1S/C16H24N2OS/c1-13(15-4-2-3-8-17-15)18-14-5-9-19-16(12-14)6-10-20-11-7-16/h2-4,8,13-14,18H,5-7,9-12H2,1H3/t13-,14?/m0/s1. The van der Waals surface area contributed by atoms with Crippen LogP contribution in [-0.4, -0.2) is 34.7 Å². The maximum atomic E-state index is 6.15. The second-order valence-electron chi connectivity index (χ2n) is 5.98. The van der Waals surface area contributed by atoms with Gasteiger partial charge in [-0.25, -0.2) is 0 Å². The summed E-state index contributed by atoms with van der Waals surface area (Å²) in [5.74, 6) is 2.50. The van der Waals surface area contributed by atoms with Gasteiger partial charge < -0.3 is 10.1 Å². The topological polar surface area (TPSA) is 34.1 Å². The highest BCUT2D eigenvalue weighted by molar-refractivity contribution is 7.99. The van der Waals surface area contributed by atoms with E-state index in [9.17, 15) is 0 Å². The molecule has 2 fully saturated rings. The Balaban J connectivity index is 1.60. The van der Waals surface area contributed by atoms with Crippen molar-refractivity contribution in [3.8, 4) is 0 Å². The summed E-state index contributed by atoms with van der Waals surface area (Å²) in [6.45, 7) is 3.11. The highest BCUT2D eigenvalue weighted by atomic mass is 32.2. The molecule has 1 N–H and O–H groups in total. The van der Waals surface area contributed by atoms with Crippen molar-refractivity contribution in [2.75, 3.05) is 18.1 Å². The summed E-state index contributed by atoms with van der Waals surface area (Å²) >= 11 is 2.06. The van der Waals surface area contributed by atoms with Crippen LogP contribution in [0, 0.1) is 0 Å². The monoisotopic (exact) mass is 292 g/mol. The van der Waals surface area contributed by atoms with E-state index >= 15 is 0 Å². The van der Waals surface area contributed by atoms with E-state index in [4.69, 9.17) is 4.74 Å². The Bertz CT molecular complexity index is 414. The van der Waals surface area contributed by atoms with Gasteiger partial charge in [-0.3, -0.25) is 4.98 Å². The molecule has 2 aliphatic rings. The highest BCUT2D eigenvalue weighted by Gasteiger charge is 2.38. The maximum Gasteiger partial charge on any atom is 0.0713 e. The van der Waals surface area contributed by atoms with Crippen molar-refractivity contribution in [3.63, 3.8) is 0 Å². The summed E-state index contributed by atoms with van der Waals surface area (Å²) in [5.41, 5.74) is 1.29. The third-order valence-corrected chi connectivity index (χ3v) is 5.50. The SMILES string of the molecule is C[C@H](NC1CCOC2(CCSCC2)C1)c1ccccn1. The van der Waals surface area contributed by atoms with Crippen molar-refractivity contribution in [1.82, 2.24) is 10.3 Å². The van der Waals surface area contributed by atoms with Crippen LogP contribution in [0.1, 0.15) is 44.3 Å². The summed E-state index contributed by atoms with van der Waals surface area (Å²) < 4.78 is 6.15. The van der Waals surface area contributed by atoms with Crippen LogP contribution >= 0.6 is 11.8 Å². The fourth-order valence-electron chi connectivity index (χ4n) is 3.33. The molecular formula is C16H24N2OS. The summed E-state index contributed by atoms with van der Waals surface area (Å²) in [7, 11) is 0. The fourth-order valence-corrected chi connectivity index (χ4v) is 4.57. The molecule has 0 aromatic carbocycles. The van der Waals surface area contributed by atoms with Gasteiger partial charge in [-0.2, -0.15) is 11.8 Å². The molecule has 3 rings (SSSR count). The molecule has 20 heavy (non-hydrogen) atoms. The molecule has 2 saturated heterocycles. The van der Waals surface area contributed by atoms with Crippen molar-refractivity contribution in [3.05, 3.63) is 30.1 Å². The van der Waals surface area contributed by atoms with Gasteiger partial charge in [-0.15, -0.1) is 0 Å². The van der Waals surface area contributed by atoms with E-state index in [1.807, 2.05) is 12.3 Å². The number of nitrogens with zero attached hydrogens (tertiary/aromatic N) is 1. The summed E-state index contributed by atoms with van der Waals surface area (Å²) in [6.07, 6.45) is 6.58. The van der Waals surface area contributed by atoms with E-state index in [-0.39, 0.29) is 5.60 Å². The highest BCUT2D eigenvalue weighted by Crippen LogP contribution is 2.37. The Morgan fingerprint density at radius 1 is 1.40 bits per heavy atom. The van der Waals surface area contributed by atoms with Crippen LogP contribution in [0.3, 0.4) is 0 Å². The maximum absolute atomic E-state index is 6.15. The quantitative estimate of drug-likeness (QED) is 0.928. The molecule has 0 saturated carbocycles. The van der Waals surface area contributed by atoms with Crippen LogP contribution in [-0.2, 0) is 4.74 Å². The minimum absolute atomic E-state index is 0.158. The van der Waals surface area contributed by atoms with Crippen LogP contribution < -0.4 is 5.32 Å². The van der Waals surface area contributed by atoms with Crippen molar-refractivity contribution >= 4 is 11.8 Å². The zero-order chi connectivity index (χ0) is 13.8. The van der Waals surface area contributed by atoms with Crippen LogP contribution in [0.15, 0.2) is 24.4 Å². The van der Waals surface area contributed by atoms with Crippen molar-refractivity contribution in [1.29, 1.82) is 0 Å². The minimum atomic E-state index is 0.158. The Morgan fingerprint density at radius 3 is 3.00 bits per heavy atom. The largest absolute Gasteiger partial charge is 0.375 e. The van der Waals surface area contributed by atoms with Gasteiger partial charge in [-0.05, 0) is 56.2 Å². The molecule has 3 nitrogen and oxygen atoms in total. The van der Waals surface area contributed by atoms with Crippen molar-refractivity contribution in [2.45, 2.75) is 50.3 Å². The van der Waals surface area contributed by atoms with E-state index in [1.54, 1.807) is 0 Å². The van der Waals surface area contributed by atoms with E-state index in [1.165, 1.54) is 24.3 Å². The molecule has 2 aliphatic heterocycles. The zero-order valence-electron chi connectivity index (χ0n) is 12.2. The average molecular weight is 292 g/mol. The van der Waals surface area contributed by atoms with Gasteiger partial charge in [-0.1, -0.05) is 6.07 Å². The molecule has 1 spiro atoms. The van der Waals surface area contributed by atoms with E-state index in [0.717, 1.165) is 25.1 Å². The number of hydrogen-bond acceptors (Lipinski definition) is 4. The number of nitrogens with one attached hydrogen (secondary N) is 1. The molecule has 1 unspecified atom stereocenters. The number of rotatable bonds is 3. The molecular weight excluding hydrogens is 268 g/mol. The van der Waals surface area contributed by atoms with E-state index in [0.29, 0.717) is 12.1 Å². The van der Waals surface area contributed by atoms with Gasteiger partial charge in [0.05, 0.1) is 11.3 Å². The molecule has 1 aromatic rings. The van der Waals surface area contributed by atoms with Crippen LogP contribution in [0.4, 0.5) is 0 Å². The number of pyridine rings is 1. The van der Waals surface area contributed by atoms with E-state index in [2.05, 4.69) is 41.1 Å². The lowest BCUT2D eigenvalue weighted by atomic mass is 9.85. The van der Waals surface area contributed by atoms with Gasteiger partial charge in [0, 0.05) is 24.9 Å². The Hall–Kier alpha value is -0.580. The summed E-state index contributed by atoms with van der Waals surface area (Å²) in [6, 6.07) is 7.01. The molecule has 0 bridgehead atoms. The Kier molecular flexibility index (Phi) is 4.64. The molecule has 4 heteroatoms. The predicted octanol–water partition coefficient (Wildman–Crippen LogP) is 3.18. The summed E-state index contributed by atoms with van der Waals surface area (Å²) in [4.78, 5) is 4.45. The first-order valence-corrected chi connectivity index (χ1v) is 8.82. The molecule has 3 heterocycles. The lowest BCUT2D eigenvalue weighted by Crippen LogP contribution is -2.49. The molecule has 0 aliphatic carbocycles. The fraction of sp³-hybridized carbons (Fsp3) is 0.688. The first kappa shape index (κ1) is 14.4. The summed E-state index contributed by atoms with van der Waals surface area (Å²) in [5, 5.41) is 3.76. The van der Waals surface area contributed by atoms with Gasteiger partial charge in [0.1, 0.15) is 0 Å². The van der Waals surface area contributed by atoms with Gasteiger partial charge in [0.15, 0.2) is 0 Å². The third kappa shape index (κ3) is 3.35. The predicted molar refractivity (Wildman–Crippen MR) is 84.1 cm³/mol. The normalized spacial score (nSPS) is 27.4. The second-order valence-corrected chi connectivity index (χ2v) is 7.20. The molecule has 0 radical (unpaired) electrons. The third-order valence-electron chi connectivity index (χ3n) is 4.51. The molecule has 2 atom stereocenters. The van der Waals surface area contributed by atoms with Crippen molar-refractivity contribution in [2.24, 2.45) is 0 Å². The molecule has 110 valence electrons.